The fourth-order valence-electron chi connectivity index (χ4n) is 1.70. The van der Waals surface area contributed by atoms with E-state index in [2.05, 4.69) is 25.1 Å². The van der Waals surface area contributed by atoms with Crippen LogP contribution in [-0.4, -0.2) is 18.9 Å². The van der Waals surface area contributed by atoms with E-state index in [0.717, 1.165) is 0 Å². The van der Waals surface area contributed by atoms with Crippen LogP contribution in [0.4, 0.5) is 0 Å². The number of hydrogen-bond acceptors (Lipinski definition) is 0. The first kappa shape index (κ1) is 14.8. The van der Waals surface area contributed by atoms with Gasteiger partial charge in [-0.1, -0.05) is 63.3 Å². The van der Waals surface area contributed by atoms with E-state index in [1.54, 1.807) is 0 Å². The van der Waals surface area contributed by atoms with Crippen molar-refractivity contribution in [2.75, 3.05) is 0 Å². The normalized spacial score (nSPS) is 9.67. The molecule has 0 spiro atoms. The molecule has 0 amide bonds. The Morgan fingerprint density at radius 1 is 0.933 bits per heavy atom. The Bertz CT molecular complexity index is 218. The Labute approximate surface area is 107 Å². The first-order chi connectivity index (χ1) is 6.93. The van der Waals surface area contributed by atoms with Crippen LogP contribution < -0.4 is 0 Å². The van der Waals surface area contributed by atoms with Crippen molar-refractivity contribution in [2.24, 2.45) is 0 Å². The van der Waals surface area contributed by atoms with Crippen LogP contribution in [0.25, 0.3) is 0 Å². The first-order valence-electron chi connectivity index (χ1n) is 5.88. The van der Waals surface area contributed by atoms with Gasteiger partial charge in [0.2, 0.25) is 0 Å². The van der Waals surface area contributed by atoms with Crippen molar-refractivity contribution >= 4 is 18.9 Å². The SMILES string of the molecule is CCCCCCCCc1cc[c]cc1.[LiH]. The Morgan fingerprint density at radius 2 is 1.53 bits per heavy atom. The molecule has 0 heterocycles. The van der Waals surface area contributed by atoms with Crippen LogP contribution >= 0.6 is 0 Å². The van der Waals surface area contributed by atoms with Gasteiger partial charge < -0.3 is 0 Å². The molecule has 1 aromatic rings. The average Bonchev–Trinajstić information content (AvgIpc) is 2.25. The molecule has 1 aromatic carbocycles. The molecule has 0 aliphatic heterocycles. The van der Waals surface area contributed by atoms with E-state index >= 15 is 0 Å². The molecule has 0 N–H and O–H groups in total. The third-order valence-electron chi connectivity index (χ3n) is 2.61. The predicted molar refractivity (Wildman–Crippen MR) is 69.5 cm³/mol. The van der Waals surface area contributed by atoms with Crippen molar-refractivity contribution in [3.63, 3.8) is 0 Å². The van der Waals surface area contributed by atoms with Gasteiger partial charge in [-0.3, -0.25) is 0 Å². The predicted octanol–water partition coefficient (Wildman–Crippen LogP) is 3.74. The fraction of sp³-hybridized carbons (Fsp3) is 0.571. The second-order valence-electron chi connectivity index (χ2n) is 3.93. The number of unbranched alkanes of at least 4 members (excludes halogenated alkanes) is 5. The fourth-order valence-corrected chi connectivity index (χ4v) is 1.70. The molecule has 0 aliphatic rings. The quantitative estimate of drug-likeness (QED) is 0.461. The maximum atomic E-state index is 3.05. The van der Waals surface area contributed by atoms with Crippen LogP contribution in [-0.2, 0) is 6.42 Å². The van der Waals surface area contributed by atoms with Crippen molar-refractivity contribution in [2.45, 2.75) is 51.9 Å². The summed E-state index contributed by atoms with van der Waals surface area (Å²) in [6, 6.07) is 11.4. The molecule has 0 fully saturated rings. The molecule has 0 saturated carbocycles. The van der Waals surface area contributed by atoms with Gasteiger partial charge in [0, 0.05) is 0 Å². The minimum absolute atomic E-state index is 0. The van der Waals surface area contributed by atoms with Crippen LogP contribution in [0.1, 0.15) is 51.0 Å². The van der Waals surface area contributed by atoms with Gasteiger partial charge in [0.1, 0.15) is 0 Å². The van der Waals surface area contributed by atoms with Crippen molar-refractivity contribution < 1.29 is 0 Å². The van der Waals surface area contributed by atoms with Gasteiger partial charge in [-0.15, -0.1) is 0 Å². The van der Waals surface area contributed by atoms with Gasteiger partial charge >= 0.3 is 18.9 Å². The third kappa shape index (κ3) is 7.71. The zero-order chi connectivity index (χ0) is 10.1. The molecule has 0 bridgehead atoms. The van der Waals surface area contributed by atoms with Crippen LogP contribution in [0.5, 0.6) is 0 Å². The molecule has 0 nitrogen and oxygen atoms in total. The third-order valence-corrected chi connectivity index (χ3v) is 2.61. The number of benzene rings is 1. The monoisotopic (exact) mass is 197 g/mol. The van der Waals surface area contributed by atoms with Gasteiger partial charge in [-0.2, -0.15) is 0 Å². The van der Waals surface area contributed by atoms with E-state index < -0.39 is 0 Å². The summed E-state index contributed by atoms with van der Waals surface area (Å²) in [5, 5.41) is 0. The van der Waals surface area contributed by atoms with Gasteiger partial charge in [0.15, 0.2) is 0 Å². The van der Waals surface area contributed by atoms with E-state index in [4.69, 9.17) is 0 Å². The molecule has 0 atom stereocenters. The van der Waals surface area contributed by atoms with E-state index in [1.807, 2.05) is 12.1 Å². The molecule has 0 aliphatic carbocycles. The first-order valence-corrected chi connectivity index (χ1v) is 5.88. The summed E-state index contributed by atoms with van der Waals surface area (Å²) >= 11 is 0. The summed E-state index contributed by atoms with van der Waals surface area (Å²) in [5.41, 5.74) is 1.46. The Kier molecular flexibility index (Phi) is 10.2. The maximum absolute atomic E-state index is 3.05. The van der Waals surface area contributed by atoms with Gasteiger partial charge in [-0.05, 0) is 24.5 Å². The molecule has 1 radical (unpaired) electrons. The molecule has 1 heteroatoms. The van der Waals surface area contributed by atoms with Crippen LogP contribution in [0.3, 0.4) is 0 Å². The molecular formula is C14H22Li. The van der Waals surface area contributed by atoms with Crippen molar-refractivity contribution in [1.29, 1.82) is 0 Å². The van der Waals surface area contributed by atoms with Crippen LogP contribution in [0.2, 0.25) is 0 Å². The van der Waals surface area contributed by atoms with Gasteiger partial charge in [0.05, 0.1) is 0 Å². The molecular weight excluding hydrogens is 175 g/mol. The standard InChI is InChI=1S/C14H21.Li.H/c1-2-3-4-5-6-8-11-14-12-9-7-10-13-14;;/h9-10,12-13H,2-6,8,11H2,1H3;;. The minimum atomic E-state index is 0. The topological polar surface area (TPSA) is 0 Å². The van der Waals surface area contributed by atoms with Gasteiger partial charge in [-0.25, -0.2) is 0 Å². The molecule has 0 aromatic heterocycles. The van der Waals surface area contributed by atoms with E-state index in [1.165, 1.54) is 50.5 Å². The molecule has 0 unspecified atom stereocenters. The van der Waals surface area contributed by atoms with Gasteiger partial charge in [0.25, 0.3) is 0 Å². The summed E-state index contributed by atoms with van der Waals surface area (Å²) in [6.07, 6.45) is 9.54. The van der Waals surface area contributed by atoms with Crippen LogP contribution in [0, 0.1) is 6.07 Å². The van der Waals surface area contributed by atoms with Crippen LogP contribution in [0.15, 0.2) is 24.3 Å². The number of rotatable bonds is 7. The van der Waals surface area contributed by atoms with E-state index in [9.17, 15) is 0 Å². The van der Waals surface area contributed by atoms with E-state index in [0.29, 0.717) is 0 Å². The van der Waals surface area contributed by atoms with Crippen molar-refractivity contribution in [3.8, 4) is 0 Å². The Morgan fingerprint density at radius 3 is 2.20 bits per heavy atom. The van der Waals surface area contributed by atoms with Crippen molar-refractivity contribution in [1.82, 2.24) is 0 Å². The average molecular weight is 197 g/mol. The summed E-state index contributed by atoms with van der Waals surface area (Å²) in [4.78, 5) is 0. The van der Waals surface area contributed by atoms with Crippen molar-refractivity contribution in [3.05, 3.63) is 35.9 Å². The molecule has 1 rings (SSSR count). The Balaban J connectivity index is 0.00000196. The number of hydrogen-bond donors (Lipinski definition) is 0. The summed E-state index contributed by atoms with van der Waals surface area (Å²) in [5.74, 6) is 0. The molecule has 0 saturated heterocycles. The second kappa shape index (κ2) is 10.3. The Hall–Kier alpha value is -0.183. The molecule has 79 valence electrons. The zero-order valence-electron chi connectivity index (χ0n) is 9.26. The summed E-state index contributed by atoms with van der Waals surface area (Å²) in [7, 11) is 0. The summed E-state index contributed by atoms with van der Waals surface area (Å²) < 4.78 is 0. The summed E-state index contributed by atoms with van der Waals surface area (Å²) in [6.45, 7) is 2.26. The number of aryl methyl sites for hydroxylation is 1. The zero-order valence-corrected chi connectivity index (χ0v) is 9.26. The van der Waals surface area contributed by atoms with E-state index in [-0.39, 0.29) is 18.9 Å². The molecule has 15 heavy (non-hydrogen) atoms. The second-order valence-corrected chi connectivity index (χ2v) is 3.93.